The SMILES string of the molecule is C#CCC(NCC)c1cc(C)nnc1C. The van der Waals surface area contributed by atoms with E-state index in [1.54, 1.807) is 0 Å². The normalized spacial score (nSPS) is 12.1. The van der Waals surface area contributed by atoms with Crippen LogP contribution in [0.4, 0.5) is 0 Å². The minimum Gasteiger partial charge on any atom is -0.309 e. The molecule has 0 aliphatic carbocycles. The number of nitrogens with zero attached hydrogens (tertiary/aromatic N) is 2. The average Bonchev–Trinajstić information content (AvgIpc) is 2.21. The van der Waals surface area contributed by atoms with Crippen molar-refractivity contribution in [2.45, 2.75) is 33.2 Å². The first-order chi connectivity index (χ1) is 7.19. The summed E-state index contributed by atoms with van der Waals surface area (Å²) in [6.45, 7) is 6.87. The van der Waals surface area contributed by atoms with Crippen molar-refractivity contribution in [3.63, 3.8) is 0 Å². The van der Waals surface area contributed by atoms with Gasteiger partial charge in [-0.05, 0) is 32.0 Å². The molecule has 0 bridgehead atoms. The summed E-state index contributed by atoms with van der Waals surface area (Å²) in [6.07, 6.45) is 6.04. The molecule has 1 aromatic heterocycles. The monoisotopic (exact) mass is 203 g/mol. The molecule has 1 N–H and O–H groups in total. The Morgan fingerprint density at radius 2 is 2.20 bits per heavy atom. The maximum absolute atomic E-state index is 5.36. The average molecular weight is 203 g/mol. The third kappa shape index (κ3) is 3.03. The number of hydrogen-bond acceptors (Lipinski definition) is 3. The molecule has 0 radical (unpaired) electrons. The fourth-order valence-corrected chi connectivity index (χ4v) is 1.58. The molecule has 3 heteroatoms. The van der Waals surface area contributed by atoms with Gasteiger partial charge in [-0.15, -0.1) is 12.3 Å². The quantitative estimate of drug-likeness (QED) is 0.758. The van der Waals surface area contributed by atoms with E-state index in [1.807, 2.05) is 19.9 Å². The van der Waals surface area contributed by atoms with Crippen LogP contribution < -0.4 is 5.32 Å². The van der Waals surface area contributed by atoms with Crippen molar-refractivity contribution < 1.29 is 0 Å². The predicted octanol–water partition coefficient (Wildman–Crippen LogP) is 1.77. The summed E-state index contributed by atoms with van der Waals surface area (Å²) in [5.41, 5.74) is 3.03. The highest BCUT2D eigenvalue weighted by Gasteiger charge is 2.12. The second kappa shape index (κ2) is 5.47. The van der Waals surface area contributed by atoms with E-state index in [9.17, 15) is 0 Å². The minimum absolute atomic E-state index is 0.189. The van der Waals surface area contributed by atoms with E-state index in [-0.39, 0.29) is 6.04 Å². The molecule has 1 rings (SSSR count). The van der Waals surface area contributed by atoms with Gasteiger partial charge in [-0.2, -0.15) is 10.2 Å². The molecule has 0 aromatic carbocycles. The molecule has 0 spiro atoms. The minimum atomic E-state index is 0.189. The van der Waals surface area contributed by atoms with Crippen molar-refractivity contribution in [1.82, 2.24) is 15.5 Å². The van der Waals surface area contributed by atoms with Gasteiger partial charge in [0, 0.05) is 12.5 Å². The van der Waals surface area contributed by atoms with Gasteiger partial charge in [-0.1, -0.05) is 6.92 Å². The molecule has 15 heavy (non-hydrogen) atoms. The zero-order chi connectivity index (χ0) is 11.3. The van der Waals surface area contributed by atoms with Gasteiger partial charge in [0.2, 0.25) is 0 Å². The van der Waals surface area contributed by atoms with Crippen molar-refractivity contribution in [2.75, 3.05) is 6.54 Å². The van der Waals surface area contributed by atoms with E-state index in [1.165, 1.54) is 0 Å². The van der Waals surface area contributed by atoms with E-state index in [0.717, 1.165) is 23.5 Å². The number of nitrogens with one attached hydrogen (secondary N) is 1. The largest absolute Gasteiger partial charge is 0.309 e. The second-order valence-corrected chi connectivity index (χ2v) is 3.54. The molecule has 1 aromatic rings. The third-order valence-corrected chi connectivity index (χ3v) is 2.29. The smallest absolute Gasteiger partial charge is 0.0648 e. The van der Waals surface area contributed by atoms with Crippen LogP contribution in [-0.2, 0) is 0 Å². The van der Waals surface area contributed by atoms with Gasteiger partial charge in [0.15, 0.2) is 0 Å². The maximum atomic E-state index is 5.36. The summed E-state index contributed by atoms with van der Waals surface area (Å²) in [4.78, 5) is 0. The first-order valence-electron chi connectivity index (χ1n) is 5.16. The molecule has 0 saturated heterocycles. The zero-order valence-electron chi connectivity index (χ0n) is 9.54. The molecule has 1 atom stereocenters. The van der Waals surface area contributed by atoms with Crippen LogP contribution in [-0.4, -0.2) is 16.7 Å². The van der Waals surface area contributed by atoms with Gasteiger partial charge in [0.1, 0.15) is 0 Å². The van der Waals surface area contributed by atoms with E-state index in [4.69, 9.17) is 6.42 Å². The molecule has 0 aliphatic rings. The Hall–Kier alpha value is -1.40. The lowest BCUT2D eigenvalue weighted by atomic mass is 10.0. The molecule has 80 valence electrons. The van der Waals surface area contributed by atoms with Crippen molar-refractivity contribution in [3.8, 4) is 12.3 Å². The Kier molecular flexibility index (Phi) is 4.26. The molecule has 0 fully saturated rings. The van der Waals surface area contributed by atoms with Crippen LogP contribution in [0.3, 0.4) is 0 Å². The third-order valence-electron chi connectivity index (χ3n) is 2.29. The van der Waals surface area contributed by atoms with Gasteiger partial charge >= 0.3 is 0 Å². The number of terminal acetylenes is 1. The van der Waals surface area contributed by atoms with Crippen LogP contribution in [0.1, 0.15) is 36.3 Å². The highest BCUT2D eigenvalue weighted by molar-refractivity contribution is 5.24. The molecule has 0 saturated carbocycles. The van der Waals surface area contributed by atoms with Crippen molar-refractivity contribution in [3.05, 3.63) is 23.0 Å². The topological polar surface area (TPSA) is 37.8 Å². The summed E-state index contributed by atoms with van der Waals surface area (Å²) >= 11 is 0. The standard InChI is InChI=1S/C12H17N3/c1-5-7-12(13-6-2)11-8-9(3)14-15-10(11)4/h1,8,12-13H,6-7H2,2-4H3. The van der Waals surface area contributed by atoms with Crippen LogP contribution in [0.25, 0.3) is 0 Å². The van der Waals surface area contributed by atoms with Crippen molar-refractivity contribution >= 4 is 0 Å². The number of aromatic nitrogens is 2. The van der Waals surface area contributed by atoms with Gasteiger partial charge in [-0.3, -0.25) is 0 Å². The van der Waals surface area contributed by atoms with E-state index in [0.29, 0.717) is 6.42 Å². The fourth-order valence-electron chi connectivity index (χ4n) is 1.58. The second-order valence-electron chi connectivity index (χ2n) is 3.54. The Balaban J connectivity index is 2.99. The van der Waals surface area contributed by atoms with E-state index in [2.05, 4.69) is 28.4 Å². The molecule has 1 heterocycles. The molecular formula is C12H17N3. The summed E-state index contributed by atoms with van der Waals surface area (Å²) < 4.78 is 0. The van der Waals surface area contributed by atoms with E-state index >= 15 is 0 Å². The lowest BCUT2D eigenvalue weighted by Gasteiger charge is -2.17. The number of hydrogen-bond donors (Lipinski definition) is 1. The zero-order valence-corrected chi connectivity index (χ0v) is 9.54. The molecule has 0 aliphatic heterocycles. The molecule has 1 unspecified atom stereocenters. The van der Waals surface area contributed by atoms with Gasteiger partial charge < -0.3 is 5.32 Å². The number of aryl methyl sites for hydroxylation is 2. The Morgan fingerprint density at radius 1 is 1.47 bits per heavy atom. The van der Waals surface area contributed by atoms with Crippen LogP contribution in [0.2, 0.25) is 0 Å². The number of rotatable bonds is 4. The lowest BCUT2D eigenvalue weighted by Crippen LogP contribution is -2.22. The summed E-state index contributed by atoms with van der Waals surface area (Å²) in [7, 11) is 0. The van der Waals surface area contributed by atoms with Crippen molar-refractivity contribution in [2.24, 2.45) is 0 Å². The first-order valence-corrected chi connectivity index (χ1v) is 5.16. The van der Waals surface area contributed by atoms with Gasteiger partial charge in [-0.25, -0.2) is 0 Å². The van der Waals surface area contributed by atoms with Crippen LogP contribution >= 0.6 is 0 Å². The van der Waals surface area contributed by atoms with Gasteiger partial charge in [0.25, 0.3) is 0 Å². The van der Waals surface area contributed by atoms with Crippen LogP contribution in [0, 0.1) is 26.2 Å². The van der Waals surface area contributed by atoms with Crippen LogP contribution in [0.5, 0.6) is 0 Å². The predicted molar refractivity (Wildman–Crippen MR) is 61.4 cm³/mol. The molecule has 3 nitrogen and oxygen atoms in total. The highest BCUT2D eigenvalue weighted by atomic mass is 15.1. The first kappa shape index (κ1) is 11.7. The summed E-state index contributed by atoms with van der Waals surface area (Å²) in [6, 6.07) is 2.24. The van der Waals surface area contributed by atoms with E-state index < -0.39 is 0 Å². The summed E-state index contributed by atoms with van der Waals surface area (Å²) in [5, 5.41) is 11.5. The maximum Gasteiger partial charge on any atom is 0.0648 e. The van der Waals surface area contributed by atoms with Gasteiger partial charge in [0.05, 0.1) is 11.4 Å². The Labute approximate surface area is 91.3 Å². The molecule has 0 amide bonds. The summed E-state index contributed by atoms with van der Waals surface area (Å²) in [5.74, 6) is 2.69. The highest BCUT2D eigenvalue weighted by Crippen LogP contribution is 2.18. The van der Waals surface area contributed by atoms with Crippen molar-refractivity contribution in [1.29, 1.82) is 0 Å². The Bertz CT molecular complexity index is 366. The van der Waals surface area contributed by atoms with Crippen LogP contribution in [0.15, 0.2) is 6.07 Å². The Morgan fingerprint density at radius 3 is 2.80 bits per heavy atom. The molecular weight excluding hydrogens is 186 g/mol. The lowest BCUT2D eigenvalue weighted by molar-refractivity contribution is 0.557. The fraction of sp³-hybridized carbons (Fsp3) is 0.500.